The van der Waals surface area contributed by atoms with Crippen LogP contribution in [0.1, 0.15) is 13.3 Å². The monoisotopic (exact) mass is 308 g/mol. The van der Waals surface area contributed by atoms with Crippen LogP contribution in [0.25, 0.3) is 0 Å². The summed E-state index contributed by atoms with van der Waals surface area (Å²) in [4.78, 5) is 22.2. The lowest BCUT2D eigenvalue weighted by molar-refractivity contribution is -0.282. The van der Waals surface area contributed by atoms with Gasteiger partial charge in [0.1, 0.15) is 18.3 Å². The van der Waals surface area contributed by atoms with Crippen molar-refractivity contribution in [2.45, 2.75) is 49.5 Å². The summed E-state index contributed by atoms with van der Waals surface area (Å²) in [7, 11) is 0. The fourth-order valence-corrected chi connectivity index (χ4v) is 2.21. The number of hydrogen-bond donors (Lipinski definition) is 7. The van der Waals surface area contributed by atoms with Gasteiger partial charge in [-0.1, -0.05) is 0 Å². The van der Waals surface area contributed by atoms with Gasteiger partial charge in [-0.05, 0) is 0 Å². The van der Waals surface area contributed by atoms with Crippen molar-refractivity contribution in [1.29, 1.82) is 0 Å². The van der Waals surface area contributed by atoms with Crippen LogP contribution in [-0.4, -0.2) is 80.2 Å². The predicted molar refractivity (Wildman–Crippen MR) is 66.8 cm³/mol. The van der Waals surface area contributed by atoms with Crippen LogP contribution in [0.15, 0.2) is 0 Å². The predicted octanol–water partition coefficient (Wildman–Crippen LogP) is -3.91. The molecule has 0 spiro atoms. The summed E-state index contributed by atoms with van der Waals surface area (Å²) in [6.45, 7) is 0.352. The summed E-state index contributed by atoms with van der Waals surface area (Å²) in [5, 5.41) is 49.4. The number of carbonyl (C=O) groups is 2. The molecule has 1 rings (SSSR count). The number of nitrogens with one attached hydrogen (secondary N) is 1. The molecule has 1 aliphatic heterocycles. The number of aliphatic hydroxyl groups is 4. The second-order valence-electron chi connectivity index (χ2n) is 5.01. The number of aliphatic hydroxyl groups excluding tert-OH is 3. The number of aliphatic carboxylic acids is 1. The minimum atomic E-state index is -2.66. The molecule has 1 amide bonds. The summed E-state index contributed by atoms with van der Waals surface area (Å²) in [6, 6.07) is -2.09. The molecule has 0 aliphatic carbocycles. The van der Waals surface area contributed by atoms with Crippen molar-refractivity contribution in [2.24, 2.45) is 5.73 Å². The van der Waals surface area contributed by atoms with Crippen molar-refractivity contribution >= 4 is 11.9 Å². The molecule has 6 atom stereocenters. The van der Waals surface area contributed by atoms with E-state index in [0.29, 0.717) is 0 Å². The van der Waals surface area contributed by atoms with Gasteiger partial charge >= 0.3 is 5.97 Å². The quantitative estimate of drug-likeness (QED) is 0.267. The lowest BCUT2D eigenvalue weighted by Gasteiger charge is -2.45. The lowest BCUT2D eigenvalue weighted by Crippen LogP contribution is -2.69. The lowest BCUT2D eigenvalue weighted by atomic mass is 9.87. The van der Waals surface area contributed by atoms with Gasteiger partial charge < -0.3 is 41.3 Å². The highest BCUT2D eigenvalue weighted by Crippen LogP contribution is 2.29. The Morgan fingerprint density at radius 2 is 2.05 bits per heavy atom. The maximum atomic E-state index is 11.2. The molecule has 21 heavy (non-hydrogen) atoms. The van der Waals surface area contributed by atoms with Gasteiger partial charge in [-0.2, -0.15) is 0 Å². The van der Waals surface area contributed by atoms with Crippen LogP contribution >= 0.6 is 0 Å². The van der Waals surface area contributed by atoms with Gasteiger partial charge in [-0.25, -0.2) is 4.79 Å². The summed E-state index contributed by atoms with van der Waals surface area (Å²) >= 11 is 0. The molecule has 1 saturated heterocycles. The smallest absolute Gasteiger partial charge is 0.364 e. The van der Waals surface area contributed by atoms with Crippen molar-refractivity contribution < 1.29 is 39.9 Å². The van der Waals surface area contributed by atoms with E-state index < -0.39 is 61.1 Å². The van der Waals surface area contributed by atoms with E-state index in [1.165, 1.54) is 6.92 Å². The molecule has 1 heterocycles. The molecule has 0 radical (unpaired) electrons. The molecule has 0 aromatic carbocycles. The van der Waals surface area contributed by atoms with E-state index in [1.807, 2.05) is 0 Å². The summed E-state index contributed by atoms with van der Waals surface area (Å²) in [5.41, 5.74) is 5.74. The fraction of sp³-hybridized carbons (Fsp3) is 0.818. The Balaban J connectivity index is 3.07. The van der Waals surface area contributed by atoms with E-state index >= 15 is 0 Å². The summed E-state index contributed by atoms with van der Waals surface area (Å²) in [6.07, 6.45) is -5.45. The minimum absolute atomic E-state index is 0.518. The molecule has 0 saturated carbocycles. The molecule has 10 nitrogen and oxygen atoms in total. The molecule has 0 aromatic heterocycles. The molecule has 122 valence electrons. The van der Waals surface area contributed by atoms with Gasteiger partial charge in [0.25, 0.3) is 5.79 Å². The van der Waals surface area contributed by atoms with Crippen molar-refractivity contribution in [3.63, 3.8) is 0 Å². The van der Waals surface area contributed by atoms with Crippen LogP contribution in [0.5, 0.6) is 0 Å². The molecule has 10 heteroatoms. The first-order chi connectivity index (χ1) is 9.62. The maximum absolute atomic E-state index is 11.2. The fourth-order valence-electron chi connectivity index (χ4n) is 2.21. The van der Waals surface area contributed by atoms with E-state index in [-0.39, 0.29) is 0 Å². The van der Waals surface area contributed by atoms with E-state index in [0.717, 1.165) is 0 Å². The molecule has 1 aliphatic rings. The van der Waals surface area contributed by atoms with Gasteiger partial charge in [0, 0.05) is 19.4 Å². The number of carboxylic acids is 1. The van der Waals surface area contributed by atoms with Crippen LogP contribution in [-0.2, 0) is 14.3 Å². The molecular formula is C11H20N2O8. The van der Waals surface area contributed by atoms with Gasteiger partial charge in [-0.15, -0.1) is 0 Å². The first-order valence-electron chi connectivity index (χ1n) is 6.25. The van der Waals surface area contributed by atoms with Crippen molar-refractivity contribution in [3.05, 3.63) is 0 Å². The Kier molecular flexibility index (Phi) is 5.61. The SMILES string of the molecule is CC(=O)N[C@H]1C([C@H](O)[C@H](O)CO)O[C@](O)(C(=O)O)C[C@H]1N. The zero-order chi connectivity index (χ0) is 16.4. The summed E-state index contributed by atoms with van der Waals surface area (Å²) in [5.74, 6) is -4.89. The Hall–Kier alpha value is -1.30. The van der Waals surface area contributed by atoms with Crippen molar-refractivity contribution in [1.82, 2.24) is 5.32 Å². The molecular weight excluding hydrogens is 288 g/mol. The number of carboxylic acid groups (broad SMARTS) is 1. The maximum Gasteiger partial charge on any atom is 0.364 e. The largest absolute Gasteiger partial charge is 0.477 e. The van der Waals surface area contributed by atoms with E-state index in [9.17, 15) is 24.9 Å². The van der Waals surface area contributed by atoms with Crippen molar-refractivity contribution in [2.75, 3.05) is 6.61 Å². The average Bonchev–Trinajstić information content (AvgIpc) is 2.39. The molecule has 0 bridgehead atoms. The zero-order valence-electron chi connectivity index (χ0n) is 11.3. The van der Waals surface area contributed by atoms with Crippen molar-refractivity contribution in [3.8, 4) is 0 Å². The highest BCUT2D eigenvalue weighted by molar-refractivity contribution is 5.76. The van der Waals surface area contributed by atoms with Crippen LogP contribution in [0.2, 0.25) is 0 Å². The topological polar surface area (TPSA) is 183 Å². The molecule has 1 unspecified atom stereocenters. The van der Waals surface area contributed by atoms with Crippen LogP contribution in [0, 0.1) is 0 Å². The Morgan fingerprint density at radius 3 is 2.48 bits per heavy atom. The van der Waals surface area contributed by atoms with E-state index in [1.54, 1.807) is 0 Å². The first kappa shape index (κ1) is 17.8. The van der Waals surface area contributed by atoms with E-state index in [4.69, 9.17) is 20.7 Å². The highest BCUT2D eigenvalue weighted by Gasteiger charge is 2.53. The Labute approximate surface area is 120 Å². The van der Waals surface area contributed by atoms with Crippen LogP contribution in [0.4, 0.5) is 0 Å². The zero-order valence-corrected chi connectivity index (χ0v) is 11.3. The normalized spacial score (nSPS) is 35.8. The Morgan fingerprint density at radius 1 is 1.48 bits per heavy atom. The standard InChI is InChI=1S/C11H20N2O8/c1-4(15)13-7-5(12)2-11(20,10(18)19)21-9(7)8(17)6(16)3-14/h5-9,14,16-17,20H,2-3,12H2,1H3,(H,13,15)(H,18,19)/t5-,6-,7-,8-,9?,11+/m1/s1. The molecule has 0 aromatic rings. The van der Waals surface area contributed by atoms with Gasteiger partial charge in [-0.3, -0.25) is 4.79 Å². The van der Waals surface area contributed by atoms with Crippen LogP contribution in [0.3, 0.4) is 0 Å². The molecule has 8 N–H and O–H groups in total. The second-order valence-corrected chi connectivity index (χ2v) is 5.01. The van der Waals surface area contributed by atoms with Crippen LogP contribution < -0.4 is 11.1 Å². The Bertz CT molecular complexity index is 406. The highest BCUT2D eigenvalue weighted by atomic mass is 16.7. The minimum Gasteiger partial charge on any atom is -0.477 e. The van der Waals surface area contributed by atoms with Gasteiger partial charge in [0.2, 0.25) is 5.91 Å². The van der Waals surface area contributed by atoms with E-state index in [2.05, 4.69) is 5.32 Å². The molecule has 1 fully saturated rings. The number of rotatable bonds is 5. The number of amides is 1. The number of hydrogen-bond acceptors (Lipinski definition) is 8. The number of ether oxygens (including phenoxy) is 1. The second kappa shape index (κ2) is 6.64. The van der Waals surface area contributed by atoms with Gasteiger partial charge in [0.15, 0.2) is 0 Å². The third-order valence-electron chi connectivity index (χ3n) is 3.28. The van der Waals surface area contributed by atoms with Gasteiger partial charge in [0.05, 0.1) is 12.6 Å². The average molecular weight is 308 g/mol. The third-order valence-corrected chi connectivity index (χ3v) is 3.28. The first-order valence-corrected chi connectivity index (χ1v) is 6.25. The summed E-state index contributed by atoms with van der Waals surface area (Å²) < 4.78 is 4.94. The third kappa shape index (κ3) is 3.87. The number of carbonyl (C=O) groups excluding carboxylic acids is 1. The number of nitrogens with two attached hydrogens (primary N) is 1.